The highest BCUT2D eigenvalue weighted by atomic mass is 16.5. The minimum atomic E-state index is 0.328. The van der Waals surface area contributed by atoms with Crippen LogP contribution < -0.4 is 5.32 Å². The number of nitrogens with one attached hydrogen (secondary N) is 1. The SMILES string of the molecule is CCNCc1nnnn1C1CC2CCC1O2. The van der Waals surface area contributed by atoms with E-state index in [4.69, 9.17) is 4.74 Å². The molecule has 1 N–H and O–H groups in total. The highest BCUT2D eigenvalue weighted by Gasteiger charge is 2.43. The number of aromatic nitrogens is 4. The van der Waals surface area contributed by atoms with Gasteiger partial charge in [0.25, 0.3) is 0 Å². The van der Waals surface area contributed by atoms with Crippen LogP contribution in [0.3, 0.4) is 0 Å². The third kappa shape index (κ3) is 1.62. The summed E-state index contributed by atoms with van der Waals surface area (Å²) in [6, 6.07) is 0.349. The van der Waals surface area contributed by atoms with Crippen molar-refractivity contribution in [3.05, 3.63) is 5.82 Å². The zero-order valence-corrected chi connectivity index (χ0v) is 9.46. The third-order valence-electron chi connectivity index (χ3n) is 3.48. The summed E-state index contributed by atoms with van der Waals surface area (Å²) in [6.07, 6.45) is 4.18. The molecule has 16 heavy (non-hydrogen) atoms. The first-order valence-corrected chi connectivity index (χ1v) is 6.01. The molecule has 3 atom stereocenters. The first-order chi connectivity index (χ1) is 7.88. The molecule has 0 aromatic carbocycles. The largest absolute Gasteiger partial charge is 0.373 e. The minimum Gasteiger partial charge on any atom is -0.373 e. The standard InChI is InChI=1S/C10H17N5O/c1-2-11-6-10-12-13-14-15(10)8-5-7-3-4-9(8)16-7/h7-9,11H,2-6H2,1H3. The van der Waals surface area contributed by atoms with Gasteiger partial charge in [0.1, 0.15) is 0 Å². The third-order valence-corrected chi connectivity index (χ3v) is 3.48. The average molecular weight is 223 g/mol. The molecule has 0 radical (unpaired) electrons. The zero-order valence-electron chi connectivity index (χ0n) is 9.46. The molecule has 1 aromatic heterocycles. The highest BCUT2D eigenvalue weighted by Crippen LogP contribution is 2.41. The zero-order chi connectivity index (χ0) is 11.0. The van der Waals surface area contributed by atoms with Crippen LogP contribution in [0.5, 0.6) is 0 Å². The molecule has 0 aliphatic carbocycles. The molecule has 2 aliphatic rings. The Morgan fingerprint density at radius 1 is 1.50 bits per heavy atom. The van der Waals surface area contributed by atoms with Crippen molar-refractivity contribution in [3.63, 3.8) is 0 Å². The molecule has 2 saturated heterocycles. The van der Waals surface area contributed by atoms with Crippen LogP contribution in [0.15, 0.2) is 0 Å². The van der Waals surface area contributed by atoms with Crippen LogP contribution >= 0.6 is 0 Å². The van der Waals surface area contributed by atoms with Gasteiger partial charge >= 0.3 is 0 Å². The Morgan fingerprint density at radius 2 is 2.44 bits per heavy atom. The van der Waals surface area contributed by atoms with Crippen molar-refractivity contribution in [2.45, 2.75) is 51.0 Å². The van der Waals surface area contributed by atoms with E-state index < -0.39 is 0 Å². The molecular formula is C10H17N5O. The first kappa shape index (κ1) is 10.2. The maximum atomic E-state index is 5.83. The van der Waals surface area contributed by atoms with E-state index in [9.17, 15) is 0 Å². The van der Waals surface area contributed by atoms with Crippen molar-refractivity contribution in [3.8, 4) is 0 Å². The van der Waals surface area contributed by atoms with E-state index in [0.717, 1.165) is 31.8 Å². The lowest BCUT2D eigenvalue weighted by atomic mass is 9.95. The van der Waals surface area contributed by atoms with Crippen LogP contribution in [0, 0.1) is 0 Å². The molecule has 88 valence electrons. The fourth-order valence-electron chi connectivity index (χ4n) is 2.69. The second kappa shape index (κ2) is 4.10. The lowest BCUT2D eigenvalue weighted by Gasteiger charge is -2.19. The molecule has 6 heteroatoms. The number of nitrogens with zero attached hydrogens (tertiary/aromatic N) is 4. The summed E-state index contributed by atoms with van der Waals surface area (Å²) in [4.78, 5) is 0. The number of tetrazole rings is 1. The minimum absolute atomic E-state index is 0.328. The summed E-state index contributed by atoms with van der Waals surface area (Å²) in [5, 5.41) is 15.2. The lowest BCUT2D eigenvalue weighted by molar-refractivity contribution is 0.0914. The van der Waals surface area contributed by atoms with E-state index in [2.05, 4.69) is 27.8 Å². The number of hydrogen-bond acceptors (Lipinski definition) is 5. The summed E-state index contributed by atoms with van der Waals surface area (Å²) >= 11 is 0. The molecule has 1 aromatic rings. The van der Waals surface area contributed by atoms with Crippen LogP contribution in [-0.2, 0) is 11.3 Å². The van der Waals surface area contributed by atoms with Gasteiger partial charge in [-0.3, -0.25) is 0 Å². The normalized spacial score (nSPS) is 32.4. The van der Waals surface area contributed by atoms with Crippen LogP contribution in [0.2, 0.25) is 0 Å². The number of rotatable bonds is 4. The molecule has 0 amide bonds. The molecule has 0 saturated carbocycles. The maximum Gasteiger partial charge on any atom is 0.165 e. The molecule has 2 fully saturated rings. The smallest absolute Gasteiger partial charge is 0.165 e. The molecule has 3 unspecified atom stereocenters. The molecule has 2 aliphatic heterocycles. The predicted molar refractivity (Wildman–Crippen MR) is 56.7 cm³/mol. The van der Waals surface area contributed by atoms with Crippen LogP contribution in [-0.4, -0.2) is 39.0 Å². The Bertz CT molecular complexity index is 366. The monoisotopic (exact) mass is 223 g/mol. The fourth-order valence-corrected chi connectivity index (χ4v) is 2.69. The molecule has 2 bridgehead atoms. The topological polar surface area (TPSA) is 64.9 Å². The summed E-state index contributed by atoms with van der Waals surface area (Å²) < 4.78 is 7.78. The van der Waals surface area contributed by atoms with E-state index in [1.165, 1.54) is 6.42 Å². The van der Waals surface area contributed by atoms with Gasteiger partial charge in [0, 0.05) is 0 Å². The second-order valence-corrected chi connectivity index (χ2v) is 4.50. The van der Waals surface area contributed by atoms with E-state index in [1.807, 2.05) is 4.68 Å². The summed E-state index contributed by atoms with van der Waals surface area (Å²) in [6.45, 7) is 3.74. The summed E-state index contributed by atoms with van der Waals surface area (Å²) in [5.41, 5.74) is 0. The fraction of sp³-hybridized carbons (Fsp3) is 0.900. The van der Waals surface area contributed by atoms with Crippen molar-refractivity contribution < 1.29 is 4.74 Å². The van der Waals surface area contributed by atoms with Gasteiger partial charge in [-0.05, 0) is 36.2 Å². The Balaban J connectivity index is 1.76. The van der Waals surface area contributed by atoms with Crippen molar-refractivity contribution in [2.75, 3.05) is 6.54 Å². The number of hydrogen-bond donors (Lipinski definition) is 1. The Kier molecular flexibility index (Phi) is 2.61. The van der Waals surface area contributed by atoms with Crippen molar-refractivity contribution in [1.29, 1.82) is 0 Å². The molecular weight excluding hydrogens is 206 g/mol. The van der Waals surface area contributed by atoms with Gasteiger partial charge in [0.15, 0.2) is 5.82 Å². The molecule has 3 heterocycles. The Morgan fingerprint density at radius 3 is 3.12 bits per heavy atom. The molecule has 0 spiro atoms. The van der Waals surface area contributed by atoms with Crippen LogP contribution in [0.25, 0.3) is 0 Å². The van der Waals surface area contributed by atoms with Gasteiger partial charge in [-0.1, -0.05) is 6.92 Å². The predicted octanol–water partition coefficient (Wildman–Crippen LogP) is 0.275. The maximum absolute atomic E-state index is 5.83. The van der Waals surface area contributed by atoms with Crippen molar-refractivity contribution >= 4 is 0 Å². The van der Waals surface area contributed by atoms with E-state index in [-0.39, 0.29) is 0 Å². The Labute approximate surface area is 94.4 Å². The van der Waals surface area contributed by atoms with Gasteiger partial charge in [0.2, 0.25) is 0 Å². The van der Waals surface area contributed by atoms with Crippen LogP contribution in [0.4, 0.5) is 0 Å². The van der Waals surface area contributed by atoms with Crippen molar-refractivity contribution in [1.82, 2.24) is 25.5 Å². The van der Waals surface area contributed by atoms with Crippen LogP contribution in [0.1, 0.15) is 38.1 Å². The first-order valence-electron chi connectivity index (χ1n) is 6.01. The van der Waals surface area contributed by atoms with Gasteiger partial charge in [-0.25, -0.2) is 4.68 Å². The molecule has 6 nitrogen and oxygen atoms in total. The lowest BCUT2D eigenvalue weighted by Crippen LogP contribution is -2.26. The van der Waals surface area contributed by atoms with E-state index in [0.29, 0.717) is 18.2 Å². The number of ether oxygens (including phenoxy) is 1. The summed E-state index contributed by atoms with van der Waals surface area (Å²) in [7, 11) is 0. The van der Waals surface area contributed by atoms with Gasteiger partial charge in [-0.15, -0.1) is 5.10 Å². The van der Waals surface area contributed by atoms with E-state index >= 15 is 0 Å². The Hall–Kier alpha value is -1.01. The molecule has 3 rings (SSSR count). The average Bonchev–Trinajstić information content (AvgIpc) is 3.01. The van der Waals surface area contributed by atoms with Gasteiger partial charge < -0.3 is 10.1 Å². The van der Waals surface area contributed by atoms with E-state index in [1.54, 1.807) is 0 Å². The van der Waals surface area contributed by atoms with Crippen molar-refractivity contribution in [2.24, 2.45) is 0 Å². The summed E-state index contributed by atoms with van der Waals surface area (Å²) in [5.74, 6) is 0.919. The van der Waals surface area contributed by atoms with Gasteiger partial charge in [-0.2, -0.15) is 0 Å². The second-order valence-electron chi connectivity index (χ2n) is 4.50. The quantitative estimate of drug-likeness (QED) is 0.794. The van der Waals surface area contributed by atoms with Gasteiger partial charge in [0.05, 0.1) is 24.8 Å². The highest BCUT2D eigenvalue weighted by molar-refractivity contribution is 4.96. The number of fused-ring (bicyclic) bond motifs is 2.